The van der Waals surface area contributed by atoms with Gasteiger partial charge in [-0.2, -0.15) is 0 Å². The normalized spacial score (nSPS) is 15.7. The molecule has 0 aliphatic carbocycles. The topological polar surface area (TPSA) is 61.9 Å². The first-order valence-electron chi connectivity index (χ1n) is 8.47. The van der Waals surface area contributed by atoms with Gasteiger partial charge in [0.1, 0.15) is 5.75 Å². The Hall–Kier alpha value is -1.79. The molecule has 0 unspecified atom stereocenters. The molecule has 25 heavy (non-hydrogen) atoms. The van der Waals surface area contributed by atoms with Gasteiger partial charge >= 0.3 is 0 Å². The quantitative estimate of drug-likeness (QED) is 0.839. The van der Waals surface area contributed by atoms with Crippen LogP contribution in [0, 0.1) is 5.92 Å². The van der Waals surface area contributed by atoms with Gasteiger partial charge in [0.2, 0.25) is 11.8 Å². The van der Waals surface area contributed by atoms with Gasteiger partial charge in [-0.05, 0) is 44.1 Å². The predicted octanol–water partition coefficient (Wildman–Crippen LogP) is 2.48. The third kappa shape index (κ3) is 5.61. The molecule has 1 saturated heterocycles. The molecule has 2 amide bonds. The molecule has 1 N–H and O–H groups in total. The van der Waals surface area contributed by atoms with Gasteiger partial charge in [-0.1, -0.05) is 11.6 Å². The summed E-state index contributed by atoms with van der Waals surface area (Å²) in [4.78, 5) is 28.1. The Morgan fingerprint density at radius 2 is 2.00 bits per heavy atom. The first kappa shape index (κ1) is 19.5. The molecule has 1 aromatic rings. The summed E-state index contributed by atoms with van der Waals surface area (Å²) in [5, 5.41) is 3.39. The zero-order chi connectivity index (χ0) is 18.4. The number of piperidine rings is 1. The number of hydrogen-bond donors (Lipinski definition) is 1. The number of likely N-dealkylation sites (tertiary alicyclic amines) is 1. The van der Waals surface area contributed by atoms with Crippen LogP contribution in [0.4, 0.5) is 5.69 Å². The standard InChI is InChI=1S/C18H26ClN3O3/c1-21(2)18(24)13-6-9-22(10-7-13)11-8-17(23)20-15-12-14(19)4-5-16(15)25-3/h4-5,12-13H,6-11H2,1-3H3,(H,20,23). The fourth-order valence-electron chi connectivity index (χ4n) is 3.02. The minimum atomic E-state index is -0.0768. The van der Waals surface area contributed by atoms with Gasteiger partial charge in [0.15, 0.2) is 0 Å². The van der Waals surface area contributed by atoms with E-state index >= 15 is 0 Å². The van der Waals surface area contributed by atoms with Crippen LogP contribution < -0.4 is 10.1 Å². The summed E-state index contributed by atoms with van der Waals surface area (Å²) >= 11 is 5.97. The summed E-state index contributed by atoms with van der Waals surface area (Å²) in [6.07, 6.45) is 2.09. The summed E-state index contributed by atoms with van der Waals surface area (Å²) in [5.41, 5.74) is 0.579. The zero-order valence-corrected chi connectivity index (χ0v) is 15.8. The van der Waals surface area contributed by atoms with Gasteiger partial charge in [-0.3, -0.25) is 9.59 Å². The number of anilines is 1. The molecule has 1 aliphatic rings. The maximum atomic E-state index is 12.2. The Labute approximate surface area is 154 Å². The number of nitrogens with one attached hydrogen (secondary N) is 1. The van der Waals surface area contributed by atoms with Gasteiger partial charge in [0.05, 0.1) is 12.8 Å². The Morgan fingerprint density at radius 3 is 2.60 bits per heavy atom. The number of rotatable bonds is 6. The molecule has 1 fully saturated rings. The highest BCUT2D eigenvalue weighted by Crippen LogP contribution is 2.27. The second-order valence-electron chi connectivity index (χ2n) is 6.49. The maximum absolute atomic E-state index is 12.2. The third-order valence-electron chi connectivity index (χ3n) is 4.47. The van der Waals surface area contributed by atoms with E-state index in [1.165, 1.54) is 0 Å². The second-order valence-corrected chi connectivity index (χ2v) is 6.93. The average molecular weight is 368 g/mol. The minimum absolute atomic E-state index is 0.0768. The molecule has 0 saturated carbocycles. The first-order valence-corrected chi connectivity index (χ1v) is 8.85. The number of ether oxygens (including phenoxy) is 1. The summed E-state index contributed by atoms with van der Waals surface area (Å²) in [7, 11) is 5.14. The molecule has 0 spiro atoms. The molecule has 1 heterocycles. The lowest BCUT2D eigenvalue weighted by Gasteiger charge is -2.32. The molecule has 2 rings (SSSR count). The Kier molecular flexibility index (Phi) is 7.08. The van der Waals surface area contributed by atoms with E-state index in [1.54, 1.807) is 44.3 Å². The Bertz CT molecular complexity index is 614. The molecule has 1 aromatic carbocycles. The van der Waals surface area contributed by atoms with Crippen LogP contribution in [0.15, 0.2) is 18.2 Å². The van der Waals surface area contributed by atoms with Crippen LogP contribution in [-0.4, -0.2) is 62.5 Å². The highest BCUT2D eigenvalue weighted by atomic mass is 35.5. The van der Waals surface area contributed by atoms with E-state index in [9.17, 15) is 9.59 Å². The van der Waals surface area contributed by atoms with Crippen LogP contribution >= 0.6 is 11.6 Å². The summed E-state index contributed by atoms with van der Waals surface area (Å²) < 4.78 is 5.23. The number of carbonyl (C=O) groups is 2. The smallest absolute Gasteiger partial charge is 0.225 e. The molecule has 0 bridgehead atoms. The van der Waals surface area contributed by atoms with Crippen molar-refractivity contribution in [2.75, 3.05) is 46.2 Å². The molecular weight excluding hydrogens is 342 g/mol. The van der Waals surface area contributed by atoms with Crippen molar-refractivity contribution < 1.29 is 14.3 Å². The average Bonchev–Trinajstić information content (AvgIpc) is 2.60. The lowest BCUT2D eigenvalue weighted by molar-refractivity contribution is -0.134. The van der Waals surface area contributed by atoms with E-state index in [-0.39, 0.29) is 17.7 Å². The number of hydrogen-bond acceptors (Lipinski definition) is 4. The first-order chi connectivity index (χ1) is 11.9. The van der Waals surface area contributed by atoms with Crippen molar-refractivity contribution in [1.29, 1.82) is 0 Å². The molecule has 6 nitrogen and oxygen atoms in total. The van der Waals surface area contributed by atoms with Gasteiger partial charge < -0.3 is 19.9 Å². The van der Waals surface area contributed by atoms with Crippen molar-refractivity contribution in [3.05, 3.63) is 23.2 Å². The van der Waals surface area contributed by atoms with E-state index in [0.717, 1.165) is 25.9 Å². The van der Waals surface area contributed by atoms with Gasteiger partial charge in [-0.15, -0.1) is 0 Å². The largest absolute Gasteiger partial charge is 0.495 e. The van der Waals surface area contributed by atoms with Gasteiger partial charge in [0.25, 0.3) is 0 Å². The van der Waals surface area contributed by atoms with Crippen molar-refractivity contribution >= 4 is 29.1 Å². The van der Waals surface area contributed by atoms with Crippen LogP contribution in [0.3, 0.4) is 0 Å². The molecular formula is C18H26ClN3O3. The number of benzene rings is 1. The number of nitrogens with zero attached hydrogens (tertiary/aromatic N) is 2. The van der Waals surface area contributed by atoms with E-state index in [1.807, 2.05) is 0 Å². The van der Waals surface area contributed by atoms with Crippen molar-refractivity contribution in [1.82, 2.24) is 9.80 Å². The third-order valence-corrected chi connectivity index (χ3v) is 4.70. The minimum Gasteiger partial charge on any atom is -0.495 e. The van der Waals surface area contributed by atoms with Gasteiger partial charge in [-0.25, -0.2) is 0 Å². The lowest BCUT2D eigenvalue weighted by atomic mass is 9.95. The molecule has 1 aliphatic heterocycles. The number of carbonyl (C=O) groups excluding carboxylic acids is 2. The lowest BCUT2D eigenvalue weighted by Crippen LogP contribution is -2.41. The van der Waals surface area contributed by atoms with Crippen LogP contribution in [0.1, 0.15) is 19.3 Å². The Balaban J connectivity index is 1.78. The van der Waals surface area contributed by atoms with Crippen LogP contribution in [0.25, 0.3) is 0 Å². The molecule has 0 radical (unpaired) electrons. The Morgan fingerprint density at radius 1 is 1.32 bits per heavy atom. The number of halogens is 1. The molecule has 0 atom stereocenters. The van der Waals surface area contributed by atoms with E-state index < -0.39 is 0 Å². The van der Waals surface area contributed by atoms with Crippen LogP contribution in [-0.2, 0) is 9.59 Å². The predicted molar refractivity (Wildman–Crippen MR) is 99.1 cm³/mol. The monoisotopic (exact) mass is 367 g/mol. The summed E-state index contributed by atoms with van der Waals surface area (Å²) in [6.45, 7) is 2.37. The van der Waals surface area contributed by atoms with Gasteiger partial charge in [0, 0.05) is 38.0 Å². The highest BCUT2D eigenvalue weighted by Gasteiger charge is 2.26. The molecule has 0 aromatic heterocycles. The second kappa shape index (κ2) is 9.06. The van der Waals surface area contributed by atoms with Crippen LogP contribution in [0.5, 0.6) is 5.75 Å². The molecule has 7 heteroatoms. The van der Waals surface area contributed by atoms with Crippen molar-refractivity contribution in [2.24, 2.45) is 5.92 Å². The fourth-order valence-corrected chi connectivity index (χ4v) is 3.19. The van der Waals surface area contributed by atoms with Crippen molar-refractivity contribution in [3.8, 4) is 5.75 Å². The van der Waals surface area contributed by atoms with Crippen LogP contribution in [0.2, 0.25) is 5.02 Å². The maximum Gasteiger partial charge on any atom is 0.225 e. The SMILES string of the molecule is COc1ccc(Cl)cc1NC(=O)CCN1CCC(C(=O)N(C)C)CC1. The summed E-state index contributed by atoms with van der Waals surface area (Å²) in [6, 6.07) is 5.12. The highest BCUT2D eigenvalue weighted by molar-refractivity contribution is 6.31. The number of methoxy groups -OCH3 is 1. The van der Waals surface area contributed by atoms with Crippen molar-refractivity contribution in [3.63, 3.8) is 0 Å². The van der Waals surface area contributed by atoms with E-state index in [2.05, 4.69) is 10.2 Å². The van der Waals surface area contributed by atoms with Crippen molar-refractivity contribution in [2.45, 2.75) is 19.3 Å². The molecule has 138 valence electrons. The number of amides is 2. The fraction of sp³-hybridized carbons (Fsp3) is 0.556. The van der Waals surface area contributed by atoms with E-state index in [0.29, 0.717) is 29.4 Å². The summed E-state index contributed by atoms with van der Waals surface area (Å²) in [5.74, 6) is 0.814. The zero-order valence-electron chi connectivity index (χ0n) is 15.0. The van der Waals surface area contributed by atoms with E-state index in [4.69, 9.17) is 16.3 Å².